The van der Waals surface area contributed by atoms with Gasteiger partial charge in [-0.15, -0.1) is 0 Å². The highest BCUT2D eigenvalue weighted by Crippen LogP contribution is 2.20. The summed E-state index contributed by atoms with van der Waals surface area (Å²) in [5.41, 5.74) is 2.12. The molecule has 1 unspecified atom stereocenters. The number of hydrogen-bond acceptors (Lipinski definition) is 3. The van der Waals surface area contributed by atoms with Gasteiger partial charge in [-0.3, -0.25) is 9.69 Å². The fourth-order valence-electron chi connectivity index (χ4n) is 1.58. The van der Waals surface area contributed by atoms with Gasteiger partial charge in [-0.05, 0) is 38.1 Å². The Morgan fingerprint density at radius 2 is 2.18 bits per heavy atom. The summed E-state index contributed by atoms with van der Waals surface area (Å²) in [5, 5.41) is 8.91. The van der Waals surface area contributed by atoms with Crippen molar-refractivity contribution >= 4 is 5.97 Å². The molecule has 0 aliphatic rings. The minimum Gasteiger partial charge on any atom is -0.496 e. The summed E-state index contributed by atoms with van der Waals surface area (Å²) in [6.07, 6.45) is 0. The number of methoxy groups -OCH3 is 1. The van der Waals surface area contributed by atoms with Crippen molar-refractivity contribution in [3.05, 3.63) is 29.3 Å². The summed E-state index contributed by atoms with van der Waals surface area (Å²) in [6.45, 7) is 4.24. The first-order valence-electron chi connectivity index (χ1n) is 5.52. The first-order valence-corrected chi connectivity index (χ1v) is 5.52. The third-order valence-electron chi connectivity index (χ3n) is 2.92. The third kappa shape index (κ3) is 3.46. The van der Waals surface area contributed by atoms with Crippen LogP contribution in [0.5, 0.6) is 5.75 Å². The van der Waals surface area contributed by atoms with E-state index < -0.39 is 12.0 Å². The van der Waals surface area contributed by atoms with Crippen molar-refractivity contribution in [1.82, 2.24) is 4.90 Å². The van der Waals surface area contributed by atoms with Crippen molar-refractivity contribution in [2.75, 3.05) is 14.2 Å². The van der Waals surface area contributed by atoms with E-state index in [-0.39, 0.29) is 0 Å². The lowest BCUT2D eigenvalue weighted by Gasteiger charge is -2.21. The van der Waals surface area contributed by atoms with Gasteiger partial charge in [0.2, 0.25) is 0 Å². The van der Waals surface area contributed by atoms with Crippen LogP contribution in [0.25, 0.3) is 0 Å². The Balaban J connectivity index is 2.78. The highest BCUT2D eigenvalue weighted by molar-refractivity contribution is 5.72. The van der Waals surface area contributed by atoms with E-state index in [1.807, 2.05) is 25.1 Å². The molecule has 0 fully saturated rings. The number of aliphatic carboxylic acids is 1. The van der Waals surface area contributed by atoms with Crippen LogP contribution in [0.15, 0.2) is 18.2 Å². The molecule has 0 spiro atoms. The molecule has 94 valence electrons. The Hall–Kier alpha value is -1.55. The van der Waals surface area contributed by atoms with E-state index in [9.17, 15) is 4.79 Å². The van der Waals surface area contributed by atoms with E-state index >= 15 is 0 Å². The van der Waals surface area contributed by atoms with Gasteiger partial charge in [0.25, 0.3) is 0 Å². The van der Waals surface area contributed by atoms with E-state index in [0.29, 0.717) is 6.54 Å². The normalized spacial score (nSPS) is 12.5. The lowest BCUT2D eigenvalue weighted by molar-refractivity contribution is -0.142. The Morgan fingerprint density at radius 1 is 1.53 bits per heavy atom. The second-order valence-corrected chi connectivity index (χ2v) is 4.23. The molecule has 0 aliphatic carbocycles. The summed E-state index contributed by atoms with van der Waals surface area (Å²) in [5.74, 6) is 0.0189. The molecular formula is C13H19NO3. The number of aryl methyl sites for hydroxylation is 1. The summed E-state index contributed by atoms with van der Waals surface area (Å²) in [4.78, 5) is 12.6. The summed E-state index contributed by atoms with van der Waals surface area (Å²) in [7, 11) is 3.43. The summed E-state index contributed by atoms with van der Waals surface area (Å²) < 4.78 is 5.24. The zero-order valence-electron chi connectivity index (χ0n) is 10.7. The monoisotopic (exact) mass is 237 g/mol. The van der Waals surface area contributed by atoms with Crippen LogP contribution in [0.2, 0.25) is 0 Å². The van der Waals surface area contributed by atoms with Gasteiger partial charge >= 0.3 is 5.97 Å². The van der Waals surface area contributed by atoms with Crippen molar-refractivity contribution in [3.8, 4) is 5.75 Å². The van der Waals surface area contributed by atoms with E-state index in [4.69, 9.17) is 9.84 Å². The molecule has 0 bridgehead atoms. The van der Waals surface area contributed by atoms with E-state index in [0.717, 1.165) is 16.9 Å². The highest BCUT2D eigenvalue weighted by atomic mass is 16.5. The largest absolute Gasteiger partial charge is 0.496 e. The quantitative estimate of drug-likeness (QED) is 0.850. The van der Waals surface area contributed by atoms with Crippen molar-refractivity contribution in [2.45, 2.75) is 26.4 Å². The van der Waals surface area contributed by atoms with Crippen LogP contribution >= 0.6 is 0 Å². The Kier molecular flexibility index (Phi) is 4.52. The SMILES string of the molecule is COc1cc(CN(C)C(C)C(=O)O)ccc1C. The number of carboxylic acid groups (broad SMARTS) is 1. The first-order chi connectivity index (χ1) is 7.95. The van der Waals surface area contributed by atoms with Crippen molar-refractivity contribution in [2.24, 2.45) is 0 Å². The molecule has 1 atom stereocenters. The Morgan fingerprint density at radius 3 is 2.71 bits per heavy atom. The fraction of sp³-hybridized carbons (Fsp3) is 0.462. The van der Waals surface area contributed by atoms with Crippen molar-refractivity contribution < 1.29 is 14.6 Å². The molecule has 0 heterocycles. The first kappa shape index (κ1) is 13.5. The minimum absolute atomic E-state index is 0.498. The molecule has 0 aromatic heterocycles. The molecule has 0 radical (unpaired) electrons. The van der Waals surface area contributed by atoms with Gasteiger partial charge in [0, 0.05) is 6.54 Å². The maximum atomic E-state index is 10.8. The smallest absolute Gasteiger partial charge is 0.320 e. The van der Waals surface area contributed by atoms with Gasteiger partial charge in [-0.25, -0.2) is 0 Å². The molecule has 4 nitrogen and oxygen atoms in total. The Bertz CT molecular complexity index is 404. The maximum Gasteiger partial charge on any atom is 0.320 e. The molecule has 1 aromatic carbocycles. The van der Waals surface area contributed by atoms with Crippen LogP contribution < -0.4 is 4.74 Å². The van der Waals surface area contributed by atoms with E-state index in [2.05, 4.69) is 0 Å². The predicted molar refractivity (Wildman–Crippen MR) is 66.3 cm³/mol. The molecule has 17 heavy (non-hydrogen) atoms. The second-order valence-electron chi connectivity index (χ2n) is 4.23. The predicted octanol–water partition coefficient (Wildman–Crippen LogP) is 1.91. The van der Waals surface area contributed by atoms with Crippen LogP contribution in [0.4, 0.5) is 0 Å². The number of hydrogen-bond donors (Lipinski definition) is 1. The molecular weight excluding hydrogens is 218 g/mol. The molecule has 0 aliphatic heterocycles. The van der Waals surface area contributed by atoms with Crippen molar-refractivity contribution in [3.63, 3.8) is 0 Å². The number of nitrogens with zero attached hydrogens (tertiary/aromatic N) is 1. The van der Waals surface area contributed by atoms with Crippen LogP contribution in [-0.4, -0.2) is 36.2 Å². The second kappa shape index (κ2) is 5.68. The summed E-state index contributed by atoms with van der Waals surface area (Å²) >= 11 is 0. The standard InChI is InChI=1S/C13H19NO3/c1-9-5-6-11(7-12(9)17-4)8-14(3)10(2)13(15)16/h5-7,10H,8H2,1-4H3,(H,15,16). The number of carboxylic acids is 1. The number of ether oxygens (including phenoxy) is 1. The van der Waals surface area contributed by atoms with Gasteiger partial charge in [0.1, 0.15) is 11.8 Å². The topological polar surface area (TPSA) is 49.8 Å². The molecule has 1 aromatic rings. The van der Waals surface area contributed by atoms with Gasteiger partial charge in [0.15, 0.2) is 0 Å². The average Bonchev–Trinajstić information content (AvgIpc) is 2.30. The summed E-state index contributed by atoms with van der Waals surface area (Å²) in [6, 6.07) is 5.42. The number of carbonyl (C=O) groups is 1. The number of benzene rings is 1. The zero-order chi connectivity index (χ0) is 13.0. The number of rotatable bonds is 5. The third-order valence-corrected chi connectivity index (χ3v) is 2.92. The average molecular weight is 237 g/mol. The Labute approximate surface area is 102 Å². The molecule has 1 N–H and O–H groups in total. The van der Waals surface area contributed by atoms with Gasteiger partial charge in [0.05, 0.1) is 7.11 Å². The highest BCUT2D eigenvalue weighted by Gasteiger charge is 2.16. The van der Waals surface area contributed by atoms with Crippen LogP contribution in [0.3, 0.4) is 0 Å². The minimum atomic E-state index is -0.813. The van der Waals surface area contributed by atoms with Gasteiger partial charge in [-0.2, -0.15) is 0 Å². The van der Waals surface area contributed by atoms with Gasteiger partial charge in [-0.1, -0.05) is 12.1 Å². The van der Waals surface area contributed by atoms with Gasteiger partial charge < -0.3 is 9.84 Å². The lowest BCUT2D eigenvalue weighted by atomic mass is 10.1. The molecule has 1 rings (SSSR count). The van der Waals surface area contributed by atoms with Crippen LogP contribution in [-0.2, 0) is 11.3 Å². The molecule has 0 saturated heterocycles. The number of likely N-dealkylation sites (N-methyl/N-ethyl adjacent to an activating group) is 1. The molecule has 0 amide bonds. The maximum absolute atomic E-state index is 10.8. The molecule has 4 heteroatoms. The fourth-order valence-corrected chi connectivity index (χ4v) is 1.58. The van der Waals surface area contributed by atoms with E-state index in [1.165, 1.54) is 0 Å². The molecule has 0 saturated carbocycles. The lowest BCUT2D eigenvalue weighted by Crippen LogP contribution is -2.35. The van der Waals surface area contributed by atoms with E-state index in [1.54, 1.807) is 26.0 Å². The zero-order valence-corrected chi connectivity index (χ0v) is 10.7. The van der Waals surface area contributed by atoms with Crippen molar-refractivity contribution in [1.29, 1.82) is 0 Å². The van der Waals surface area contributed by atoms with Crippen LogP contribution in [0, 0.1) is 6.92 Å². The van der Waals surface area contributed by atoms with Crippen LogP contribution in [0.1, 0.15) is 18.1 Å².